The van der Waals surface area contributed by atoms with Gasteiger partial charge in [0.15, 0.2) is 0 Å². The predicted octanol–water partition coefficient (Wildman–Crippen LogP) is 7.80. The molecule has 0 aliphatic heterocycles. The maximum absolute atomic E-state index is 13.1. The Balaban J connectivity index is 0.000000382. The summed E-state index contributed by atoms with van der Waals surface area (Å²) in [6.45, 7) is 5.69. The van der Waals surface area contributed by atoms with Gasteiger partial charge in [-0.2, -0.15) is 13.2 Å². The van der Waals surface area contributed by atoms with Crippen molar-refractivity contribution in [2.24, 2.45) is 5.92 Å². The van der Waals surface area contributed by atoms with Crippen molar-refractivity contribution in [3.05, 3.63) is 65.2 Å². The average molecular weight is 560 g/mol. The summed E-state index contributed by atoms with van der Waals surface area (Å²) in [5.74, 6) is -3.75. The van der Waals surface area contributed by atoms with E-state index in [2.05, 4.69) is 12.2 Å². The zero-order valence-electron chi connectivity index (χ0n) is 22.4. The fourth-order valence-corrected chi connectivity index (χ4v) is 4.44. The minimum atomic E-state index is -5.55. The molecule has 38 heavy (non-hydrogen) atoms. The summed E-state index contributed by atoms with van der Waals surface area (Å²) < 4.78 is 39.3. The topological polar surface area (TPSA) is 89.8 Å². The minimum Gasteiger partial charge on any atom is -0.479 e. The van der Waals surface area contributed by atoms with Gasteiger partial charge >= 0.3 is 12.1 Å². The van der Waals surface area contributed by atoms with Gasteiger partial charge in [-0.25, -0.2) is 4.79 Å². The van der Waals surface area contributed by atoms with Crippen molar-refractivity contribution in [2.75, 3.05) is 11.9 Å². The molecule has 0 bridgehead atoms. The first-order chi connectivity index (χ1) is 17.8. The van der Waals surface area contributed by atoms with E-state index in [1.165, 1.54) is 83.4 Å². The fraction of sp³-hybridized carbons (Fsp3) is 0.552. The highest BCUT2D eigenvalue weighted by Crippen LogP contribution is 2.48. The van der Waals surface area contributed by atoms with Crippen molar-refractivity contribution in [1.82, 2.24) is 0 Å². The maximum Gasteiger partial charge on any atom is 0.431 e. The first kappa shape index (κ1) is 33.7. The van der Waals surface area contributed by atoms with Gasteiger partial charge in [-0.05, 0) is 30.0 Å². The van der Waals surface area contributed by atoms with Crippen molar-refractivity contribution in [2.45, 2.75) is 89.5 Å². The maximum atomic E-state index is 13.1. The van der Waals surface area contributed by atoms with Gasteiger partial charge in [-0.1, -0.05) is 120 Å². The SMILES string of the molecule is CC(C)C(O)(c1ccccc1)C(O)(C(=O)O)C(F)(F)F.CCCCCCCCCCNc1ccccc1Cl. The number of aliphatic hydroxyl groups is 2. The summed E-state index contributed by atoms with van der Waals surface area (Å²) in [6, 6.07) is 14.4. The van der Waals surface area contributed by atoms with E-state index >= 15 is 0 Å². The molecule has 2 rings (SSSR count). The molecule has 9 heteroatoms. The predicted molar refractivity (Wildman–Crippen MR) is 146 cm³/mol. The Morgan fingerprint density at radius 3 is 1.84 bits per heavy atom. The lowest BCUT2D eigenvalue weighted by atomic mass is 9.70. The second kappa shape index (κ2) is 16.0. The van der Waals surface area contributed by atoms with E-state index < -0.39 is 29.3 Å². The quantitative estimate of drug-likeness (QED) is 0.177. The number of unbranched alkanes of at least 4 members (excludes halogenated alkanes) is 7. The van der Waals surface area contributed by atoms with Crippen molar-refractivity contribution in [3.8, 4) is 0 Å². The lowest BCUT2D eigenvalue weighted by molar-refractivity contribution is -0.322. The highest BCUT2D eigenvalue weighted by atomic mass is 35.5. The van der Waals surface area contributed by atoms with E-state index in [9.17, 15) is 28.2 Å². The van der Waals surface area contributed by atoms with Crippen LogP contribution in [0.15, 0.2) is 54.6 Å². The van der Waals surface area contributed by atoms with Crippen LogP contribution in [0.25, 0.3) is 0 Å². The minimum absolute atomic E-state index is 0.322. The lowest BCUT2D eigenvalue weighted by Gasteiger charge is -2.44. The largest absolute Gasteiger partial charge is 0.479 e. The number of carboxylic acids is 1. The van der Waals surface area contributed by atoms with Gasteiger partial charge in [0.05, 0.1) is 10.7 Å². The summed E-state index contributed by atoms with van der Waals surface area (Å²) in [5, 5.41) is 33.3. The molecule has 5 nitrogen and oxygen atoms in total. The molecule has 0 saturated carbocycles. The summed E-state index contributed by atoms with van der Waals surface area (Å²) in [6.07, 6.45) is 5.33. The van der Waals surface area contributed by atoms with Gasteiger partial charge in [-0.15, -0.1) is 0 Å². The van der Waals surface area contributed by atoms with Crippen LogP contribution in [0.2, 0.25) is 5.02 Å². The molecular formula is C29H41ClF3NO4. The van der Waals surface area contributed by atoms with Gasteiger partial charge in [0, 0.05) is 6.54 Å². The highest BCUT2D eigenvalue weighted by Gasteiger charge is 2.73. The number of halogens is 4. The number of aliphatic carboxylic acids is 1. The highest BCUT2D eigenvalue weighted by molar-refractivity contribution is 6.33. The smallest absolute Gasteiger partial charge is 0.431 e. The molecule has 2 atom stereocenters. The van der Waals surface area contributed by atoms with Crippen molar-refractivity contribution in [1.29, 1.82) is 0 Å². The number of nitrogens with one attached hydrogen (secondary N) is 1. The first-order valence-corrected chi connectivity index (χ1v) is 13.5. The number of hydrogen-bond donors (Lipinski definition) is 4. The molecule has 0 amide bonds. The third-order valence-corrected chi connectivity index (χ3v) is 6.87. The number of carboxylic acid groups (broad SMARTS) is 1. The van der Waals surface area contributed by atoms with Gasteiger partial charge in [0.25, 0.3) is 5.60 Å². The van der Waals surface area contributed by atoms with Crippen LogP contribution in [0.1, 0.15) is 77.7 Å². The van der Waals surface area contributed by atoms with Crippen LogP contribution >= 0.6 is 11.6 Å². The molecule has 0 heterocycles. The molecular weight excluding hydrogens is 519 g/mol. The molecule has 2 unspecified atom stereocenters. The first-order valence-electron chi connectivity index (χ1n) is 13.1. The molecule has 2 aromatic rings. The molecule has 0 aromatic heterocycles. The van der Waals surface area contributed by atoms with E-state index in [1.54, 1.807) is 0 Å². The van der Waals surface area contributed by atoms with Crippen LogP contribution in [-0.2, 0) is 10.4 Å². The lowest BCUT2D eigenvalue weighted by Crippen LogP contribution is -2.67. The molecule has 2 aromatic carbocycles. The van der Waals surface area contributed by atoms with E-state index in [-0.39, 0.29) is 5.56 Å². The molecule has 0 saturated heterocycles. The van der Waals surface area contributed by atoms with Crippen LogP contribution in [0.4, 0.5) is 18.9 Å². The van der Waals surface area contributed by atoms with E-state index in [1.807, 2.05) is 24.3 Å². The number of hydrogen-bond acceptors (Lipinski definition) is 4. The second-order valence-corrected chi connectivity index (χ2v) is 10.1. The van der Waals surface area contributed by atoms with Gasteiger partial charge in [0.1, 0.15) is 5.60 Å². The molecule has 0 aliphatic carbocycles. The molecule has 0 spiro atoms. The molecule has 0 radical (unpaired) electrons. The van der Waals surface area contributed by atoms with Crippen LogP contribution in [-0.4, -0.2) is 39.6 Å². The Kier molecular flexibility index (Phi) is 14.2. The average Bonchev–Trinajstić information content (AvgIpc) is 2.87. The molecule has 0 aliphatic rings. The van der Waals surface area contributed by atoms with E-state index in [4.69, 9.17) is 16.7 Å². The van der Waals surface area contributed by atoms with Crippen LogP contribution < -0.4 is 5.32 Å². The Hall–Kier alpha value is -2.29. The summed E-state index contributed by atoms with van der Waals surface area (Å²) in [5.41, 5.74) is -6.59. The van der Waals surface area contributed by atoms with Crippen molar-refractivity contribution >= 4 is 23.3 Å². The molecule has 4 N–H and O–H groups in total. The zero-order valence-corrected chi connectivity index (χ0v) is 23.2. The zero-order chi connectivity index (χ0) is 28.8. The number of carbonyl (C=O) groups is 1. The van der Waals surface area contributed by atoms with E-state index in [0.717, 1.165) is 29.4 Å². The third-order valence-electron chi connectivity index (χ3n) is 6.54. The van der Waals surface area contributed by atoms with Gasteiger partial charge < -0.3 is 20.6 Å². The second-order valence-electron chi connectivity index (χ2n) is 9.68. The molecule has 0 fully saturated rings. The summed E-state index contributed by atoms with van der Waals surface area (Å²) >= 11 is 6.07. The number of anilines is 1. The normalized spacial score (nSPS) is 14.7. The molecule has 214 valence electrons. The monoisotopic (exact) mass is 559 g/mol. The van der Waals surface area contributed by atoms with E-state index in [0.29, 0.717) is 0 Å². The van der Waals surface area contributed by atoms with Gasteiger partial charge in [-0.3, -0.25) is 0 Å². The Morgan fingerprint density at radius 2 is 1.37 bits per heavy atom. The summed E-state index contributed by atoms with van der Waals surface area (Å²) in [7, 11) is 0. The fourth-order valence-electron chi connectivity index (χ4n) is 4.24. The summed E-state index contributed by atoms with van der Waals surface area (Å²) in [4.78, 5) is 11.1. The number of benzene rings is 2. The van der Waals surface area contributed by atoms with Gasteiger partial charge in [0.2, 0.25) is 0 Å². The van der Waals surface area contributed by atoms with Crippen LogP contribution in [0.3, 0.4) is 0 Å². The van der Waals surface area contributed by atoms with Crippen molar-refractivity contribution in [3.63, 3.8) is 0 Å². The standard InChI is InChI=1S/C16H26ClN.C13H15F3O4/c1-2-3-4-5-6-7-8-11-14-18-16-13-10-9-12-15(16)17;1-8(2)11(19,9-6-4-3-5-7-9)12(20,10(17)18)13(14,15)16/h9-10,12-13,18H,2-8,11,14H2,1H3;3-8,19-20H,1-2H3,(H,17,18). The number of rotatable bonds is 14. The Morgan fingerprint density at radius 1 is 0.868 bits per heavy atom. The Bertz CT molecular complexity index is 958. The van der Waals surface area contributed by atoms with Crippen LogP contribution in [0, 0.1) is 5.92 Å². The van der Waals surface area contributed by atoms with Crippen LogP contribution in [0.5, 0.6) is 0 Å². The Labute approximate surface area is 229 Å². The van der Waals surface area contributed by atoms with Crippen molar-refractivity contribution < 1.29 is 33.3 Å². The number of para-hydroxylation sites is 1. The third kappa shape index (κ3) is 8.89. The number of alkyl halides is 3.